The summed E-state index contributed by atoms with van der Waals surface area (Å²) in [5, 5.41) is 11.7. The van der Waals surface area contributed by atoms with E-state index >= 15 is 0 Å². The molecule has 0 aromatic carbocycles. The van der Waals surface area contributed by atoms with Gasteiger partial charge in [0.1, 0.15) is 5.82 Å². The quantitative estimate of drug-likeness (QED) is 0.730. The molecule has 0 spiro atoms. The number of amides is 1. The van der Waals surface area contributed by atoms with Gasteiger partial charge in [-0.15, -0.1) is 0 Å². The van der Waals surface area contributed by atoms with Crippen LogP contribution in [0.1, 0.15) is 6.42 Å². The van der Waals surface area contributed by atoms with Crippen LogP contribution in [-0.4, -0.2) is 43.2 Å². The zero-order valence-electron chi connectivity index (χ0n) is 13.3. The number of fused-ring (bicyclic) bond motifs is 1. The number of nitrogens with zero attached hydrogens (tertiary/aromatic N) is 6. The number of rotatable bonds is 3. The Balaban J connectivity index is 1.53. The molecule has 1 N–H and O–H groups in total. The summed E-state index contributed by atoms with van der Waals surface area (Å²) in [6.07, 6.45) is 11.5. The van der Waals surface area contributed by atoms with E-state index in [0.29, 0.717) is 25.3 Å². The first-order valence-electron chi connectivity index (χ1n) is 7.93. The second kappa shape index (κ2) is 6.20. The maximum absolute atomic E-state index is 12.3. The summed E-state index contributed by atoms with van der Waals surface area (Å²) < 4.78 is 1.88. The van der Waals surface area contributed by atoms with Gasteiger partial charge >= 0.3 is 0 Å². The van der Waals surface area contributed by atoms with Crippen molar-refractivity contribution < 1.29 is 4.79 Å². The third-order valence-corrected chi connectivity index (χ3v) is 4.29. The molecule has 4 rings (SSSR count). The third kappa shape index (κ3) is 2.99. The van der Waals surface area contributed by atoms with Gasteiger partial charge in [0.25, 0.3) is 0 Å². The maximum Gasteiger partial charge on any atom is 0.230 e. The van der Waals surface area contributed by atoms with Gasteiger partial charge in [0.15, 0.2) is 11.8 Å². The van der Waals surface area contributed by atoms with Crippen molar-refractivity contribution in [2.45, 2.75) is 6.42 Å². The van der Waals surface area contributed by atoms with Gasteiger partial charge in [-0.3, -0.25) is 9.78 Å². The van der Waals surface area contributed by atoms with Crippen molar-refractivity contribution in [3.05, 3.63) is 43.1 Å². The fourth-order valence-electron chi connectivity index (χ4n) is 2.93. The van der Waals surface area contributed by atoms with Gasteiger partial charge in [0.05, 0.1) is 17.8 Å². The number of aromatic nitrogens is 4. The van der Waals surface area contributed by atoms with E-state index < -0.39 is 0 Å². The van der Waals surface area contributed by atoms with Crippen molar-refractivity contribution in [1.82, 2.24) is 24.3 Å². The molecule has 3 aromatic heterocycles. The molecule has 1 aliphatic heterocycles. The molecule has 1 saturated heterocycles. The van der Waals surface area contributed by atoms with E-state index in [9.17, 15) is 4.79 Å². The highest BCUT2D eigenvalue weighted by molar-refractivity contribution is 5.92. The smallest absolute Gasteiger partial charge is 0.230 e. The normalized spacial score (nSPS) is 16.8. The van der Waals surface area contributed by atoms with Gasteiger partial charge in [0.2, 0.25) is 5.91 Å². The Kier molecular flexibility index (Phi) is 3.74. The minimum atomic E-state index is -0.189. The highest BCUT2D eigenvalue weighted by atomic mass is 16.2. The minimum absolute atomic E-state index is 0.111. The number of nitriles is 1. The first kappa shape index (κ1) is 15.1. The molecule has 1 aliphatic rings. The molecule has 8 nitrogen and oxygen atoms in total. The first-order chi connectivity index (χ1) is 12.2. The molecule has 0 radical (unpaired) electrons. The zero-order valence-corrected chi connectivity index (χ0v) is 13.3. The number of carbonyl (C=O) groups is 1. The summed E-state index contributed by atoms with van der Waals surface area (Å²) in [5.74, 6) is 0.177. The molecule has 124 valence electrons. The lowest BCUT2D eigenvalue weighted by molar-refractivity contribution is -0.119. The van der Waals surface area contributed by atoms with Crippen molar-refractivity contribution in [2.24, 2.45) is 5.92 Å². The Hall–Kier alpha value is -3.47. The lowest BCUT2D eigenvalue weighted by Crippen LogP contribution is -2.25. The van der Waals surface area contributed by atoms with Crippen molar-refractivity contribution >= 4 is 17.4 Å². The summed E-state index contributed by atoms with van der Waals surface area (Å²) in [7, 11) is 0. The molecule has 1 fully saturated rings. The molecule has 1 amide bonds. The van der Waals surface area contributed by atoms with Gasteiger partial charge < -0.3 is 14.6 Å². The Morgan fingerprint density at radius 3 is 3.08 bits per heavy atom. The van der Waals surface area contributed by atoms with E-state index in [1.54, 1.807) is 29.6 Å². The molecule has 4 heterocycles. The number of likely N-dealkylation sites (tertiary alicyclic amines) is 1. The Morgan fingerprint density at radius 1 is 1.32 bits per heavy atom. The molecule has 8 heteroatoms. The van der Waals surface area contributed by atoms with E-state index in [0.717, 1.165) is 16.9 Å². The van der Waals surface area contributed by atoms with Crippen molar-refractivity contribution in [1.29, 1.82) is 5.26 Å². The fraction of sp³-hybridized carbons (Fsp3) is 0.235. The van der Waals surface area contributed by atoms with E-state index in [1.807, 2.05) is 22.9 Å². The van der Waals surface area contributed by atoms with Crippen molar-refractivity contribution in [2.75, 3.05) is 18.4 Å². The summed E-state index contributed by atoms with van der Waals surface area (Å²) in [5.41, 5.74) is 2.39. The average molecular weight is 333 g/mol. The van der Waals surface area contributed by atoms with E-state index in [2.05, 4.69) is 26.5 Å². The van der Waals surface area contributed by atoms with Crippen LogP contribution in [0, 0.1) is 17.4 Å². The third-order valence-electron chi connectivity index (χ3n) is 4.29. The standard InChI is InChI=1S/C17H15N7O/c18-11-23-5-2-13(9-23)17(25)22-15-7-12(1-3-19-15)14-10-24-6-4-20-16(24)8-21-14/h1,3-4,6-8,10,13H,2,5,9H2,(H,19,22,25)/t13-/m0/s1. The number of imidazole rings is 1. The topological polar surface area (TPSA) is 99.2 Å². The van der Waals surface area contributed by atoms with Crippen LogP contribution in [0.5, 0.6) is 0 Å². The van der Waals surface area contributed by atoms with Gasteiger partial charge in [-0.25, -0.2) is 9.97 Å². The molecular weight excluding hydrogens is 318 g/mol. The SMILES string of the molecule is N#CN1CC[C@H](C(=O)Nc2cc(-c3cn4ccnc4cn3)ccn2)C1. The summed E-state index contributed by atoms with van der Waals surface area (Å²) in [4.78, 5) is 26.7. The highest BCUT2D eigenvalue weighted by Gasteiger charge is 2.28. The van der Waals surface area contributed by atoms with Crippen LogP contribution >= 0.6 is 0 Å². The molecule has 0 saturated carbocycles. The molecule has 0 unspecified atom stereocenters. The zero-order chi connectivity index (χ0) is 17.2. The summed E-state index contributed by atoms with van der Waals surface area (Å²) >= 11 is 0. The van der Waals surface area contributed by atoms with Crippen LogP contribution in [0.25, 0.3) is 16.9 Å². The summed E-state index contributed by atoms with van der Waals surface area (Å²) in [6.45, 7) is 1.08. The van der Waals surface area contributed by atoms with Crippen LogP contribution < -0.4 is 5.32 Å². The predicted molar refractivity (Wildman–Crippen MR) is 90.1 cm³/mol. The number of pyridine rings is 1. The number of hydrogen-bond donors (Lipinski definition) is 1. The Morgan fingerprint density at radius 2 is 2.24 bits per heavy atom. The summed E-state index contributed by atoms with van der Waals surface area (Å²) in [6, 6.07) is 3.63. The van der Waals surface area contributed by atoms with Crippen LogP contribution in [0.15, 0.2) is 43.1 Å². The second-order valence-corrected chi connectivity index (χ2v) is 5.92. The van der Waals surface area contributed by atoms with Crippen molar-refractivity contribution in [3.63, 3.8) is 0 Å². The lowest BCUT2D eigenvalue weighted by Gasteiger charge is -2.11. The predicted octanol–water partition coefficient (Wildman–Crippen LogP) is 1.53. The van der Waals surface area contributed by atoms with Gasteiger partial charge in [0, 0.05) is 43.4 Å². The fourth-order valence-corrected chi connectivity index (χ4v) is 2.93. The molecule has 1 atom stereocenters. The molecule has 25 heavy (non-hydrogen) atoms. The van der Waals surface area contributed by atoms with Crippen LogP contribution in [0.3, 0.4) is 0 Å². The average Bonchev–Trinajstić information content (AvgIpc) is 3.30. The number of hydrogen-bond acceptors (Lipinski definition) is 6. The lowest BCUT2D eigenvalue weighted by atomic mass is 10.1. The largest absolute Gasteiger partial charge is 0.310 e. The molecule has 0 aliphatic carbocycles. The van der Waals surface area contributed by atoms with E-state index in [-0.39, 0.29) is 11.8 Å². The number of carbonyl (C=O) groups excluding carboxylic acids is 1. The van der Waals surface area contributed by atoms with Crippen LogP contribution in [0.2, 0.25) is 0 Å². The Bertz CT molecular complexity index is 974. The second-order valence-electron chi connectivity index (χ2n) is 5.92. The molecular formula is C17H15N7O. The van der Waals surface area contributed by atoms with Gasteiger partial charge in [-0.1, -0.05) is 0 Å². The van der Waals surface area contributed by atoms with E-state index in [4.69, 9.17) is 5.26 Å². The number of anilines is 1. The molecule has 3 aromatic rings. The van der Waals surface area contributed by atoms with E-state index in [1.165, 1.54) is 0 Å². The minimum Gasteiger partial charge on any atom is -0.310 e. The maximum atomic E-state index is 12.3. The number of nitrogens with one attached hydrogen (secondary N) is 1. The van der Waals surface area contributed by atoms with Crippen molar-refractivity contribution in [3.8, 4) is 17.5 Å². The monoisotopic (exact) mass is 333 g/mol. The Labute approximate surface area is 143 Å². The van der Waals surface area contributed by atoms with Gasteiger partial charge in [-0.05, 0) is 18.6 Å². The van der Waals surface area contributed by atoms with Gasteiger partial charge in [-0.2, -0.15) is 5.26 Å². The van der Waals surface area contributed by atoms with Crippen LogP contribution in [0.4, 0.5) is 5.82 Å². The highest BCUT2D eigenvalue weighted by Crippen LogP contribution is 2.21. The molecule has 0 bridgehead atoms. The van der Waals surface area contributed by atoms with Crippen LogP contribution in [-0.2, 0) is 4.79 Å². The first-order valence-corrected chi connectivity index (χ1v) is 7.93.